The number of carbonyl (C=O) groups excluding carboxylic acids is 1. The second-order valence-electron chi connectivity index (χ2n) is 4.02. The lowest BCUT2D eigenvalue weighted by atomic mass is 10.1. The van der Waals surface area contributed by atoms with E-state index >= 15 is 0 Å². The average Bonchev–Trinajstić information content (AvgIpc) is 2.88. The maximum absolute atomic E-state index is 12.5. The third kappa shape index (κ3) is 1.11. The number of thioether (sulfide) groups is 1. The number of anilines is 1. The zero-order chi connectivity index (χ0) is 11.2. The van der Waals surface area contributed by atoms with Crippen LogP contribution in [0, 0.1) is 0 Å². The third-order valence-corrected chi connectivity index (χ3v) is 4.61. The highest BCUT2D eigenvalue weighted by Gasteiger charge is 2.52. The Bertz CT molecular complexity index is 440. The Balaban J connectivity index is 2.19. The number of para-hydroxylation sites is 1. The van der Waals surface area contributed by atoms with Gasteiger partial charge in [-0.3, -0.25) is 10.1 Å². The number of hydrogen-bond donors (Lipinski definition) is 1. The highest BCUT2D eigenvalue weighted by atomic mass is 32.2. The summed E-state index contributed by atoms with van der Waals surface area (Å²) in [6.45, 7) is 3.66. The molecule has 0 aliphatic carbocycles. The molecule has 2 aliphatic heterocycles. The predicted molar refractivity (Wildman–Crippen MR) is 66.6 cm³/mol. The van der Waals surface area contributed by atoms with Gasteiger partial charge in [-0.25, -0.2) is 0 Å². The normalized spacial score (nSPS) is 27.8. The number of carbonyl (C=O) groups is 1. The van der Waals surface area contributed by atoms with Gasteiger partial charge in [0.15, 0.2) is 4.87 Å². The number of nitrogens with one attached hydrogen (secondary N) is 1. The van der Waals surface area contributed by atoms with Crippen molar-refractivity contribution in [3.63, 3.8) is 0 Å². The molecule has 0 aromatic heterocycles. The molecule has 84 valence electrons. The van der Waals surface area contributed by atoms with Gasteiger partial charge in [-0.05, 0) is 13.0 Å². The Morgan fingerprint density at radius 1 is 1.50 bits per heavy atom. The van der Waals surface area contributed by atoms with E-state index in [1.54, 1.807) is 11.8 Å². The summed E-state index contributed by atoms with van der Waals surface area (Å²) in [5, 5.41) is 3.37. The van der Waals surface area contributed by atoms with E-state index in [1.165, 1.54) is 0 Å². The van der Waals surface area contributed by atoms with Crippen LogP contribution in [-0.4, -0.2) is 24.7 Å². The molecule has 1 N–H and O–H groups in total. The summed E-state index contributed by atoms with van der Waals surface area (Å²) in [6.07, 6.45) is 0. The first-order valence-electron chi connectivity index (χ1n) is 5.60. The molecule has 2 heterocycles. The zero-order valence-corrected chi connectivity index (χ0v) is 10.0. The number of amides is 1. The lowest BCUT2D eigenvalue weighted by molar-refractivity contribution is -0.120. The van der Waals surface area contributed by atoms with Gasteiger partial charge in [0.2, 0.25) is 0 Å². The molecule has 0 bridgehead atoms. The lowest BCUT2D eigenvalue weighted by Crippen LogP contribution is -2.44. The molecule has 1 amide bonds. The van der Waals surface area contributed by atoms with Gasteiger partial charge in [0, 0.05) is 24.4 Å². The maximum atomic E-state index is 12.5. The van der Waals surface area contributed by atoms with Crippen LogP contribution in [0.3, 0.4) is 0 Å². The van der Waals surface area contributed by atoms with Crippen molar-refractivity contribution in [2.75, 3.05) is 23.7 Å². The second kappa shape index (κ2) is 3.50. The van der Waals surface area contributed by atoms with Crippen molar-refractivity contribution in [3.05, 3.63) is 29.8 Å². The molecule has 4 heteroatoms. The molecule has 1 aromatic carbocycles. The predicted octanol–water partition coefficient (Wildman–Crippen LogP) is 1.54. The molecular formula is C12H14N2OS. The molecule has 2 aliphatic rings. The minimum Gasteiger partial charge on any atom is -0.310 e. The quantitative estimate of drug-likeness (QED) is 0.800. The molecule has 3 nitrogen and oxygen atoms in total. The number of hydrogen-bond acceptors (Lipinski definition) is 3. The molecule has 3 rings (SSSR count). The van der Waals surface area contributed by atoms with Gasteiger partial charge in [-0.1, -0.05) is 18.2 Å². The Morgan fingerprint density at radius 3 is 3.00 bits per heavy atom. The fourth-order valence-electron chi connectivity index (χ4n) is 2.53. The monoisotopic (exact) mass is 234 g/mol. The topological polar surface area (TPSA) is 32.3 Å². The maximum Gasteiger partial charge on any atom is 0.262 e. The first kappa shape index (κ1) is 10.2. The van der Waals surface area contributed by atoms with Crippen LogP contribution in [0.25, 0.3) is 0 Å². The summed E-state index contributed by atoms with van der Waals surface area (Å²) in [5.41, 5.74) is 2.20. The lowest BCUT2D eigenvalue weighted by Gasteiger charge is -2.22. The van der Waals surface area contributed by atoms with Crippen LogP contribution in [0.4, 0.5) is 5.69 Å². The van der Waals surface area contributed by atoms with Gasteiger partial charge in [-0.15, -0.1) is 11.8 Å². The first-order chi connectivity index (χ1) is 7.79. The highest BCUT2D eigenvalue weighted by molar-refractivity contribution is 8.01. The van der Waals surface area contributed by atoms with Crippen LogP contribution in [0.5, 0.6) is 0 Å². The molecule has 1 atom stereocenters. The molecule has 16 heavy (non-hydrogen) atoms. The van der Waals surface area contributed by atoms with Crippen LogP contribution >= 0.6 is 11.8 Å². The number of rotatable bonds is 1. The summed E-state index contributed by atoms with van der Waals surface area (Å²) < 4.78 is 0. The highest BCUT2D eigenvalue weighted by Crippen LogP contribution is 2.48. The Morgan fingerprint density at radius 2 is 2.31 bits per heavy atom. The van der Waals surface area contributed by atoms with Gasteiger partial charge in [0.05, 0.1) is 5.69 Å². The Kier molecular flexibility index (Phi) is 2.23. The van der Waals surface area contributed by atoms with E-state index in [9.17, 15) is 4.79 Å². The molecule has 1 unspecified atom stereocenters. The van der Waals surface area contributed by atoms with Crippen LogP contribution < -0.4 is 10.2 Å². The van der Waals surface area contributed by atoms with Crippen molar-refractivity contribution < 1.29 is 4.79 Å². The van der Waals surface area contributed by atoms with Crippen molar-refractivity contribution in [2.45, 2.75) is 11.8 Å². The molecule has 1 spiro atoms. The van der Waals surface area contributed by atoms with Crippen LogP contribution in [0.2, 0.25) is 0 Å². The van der Waals surface area contributed by atoms with Gasteiger partial charge in [-0.2, -0.15) is 0 Å². The molecule has 1 fully saturated rings. The SMILES string of the molecule is CCN1C(=O)C2(NCCS2)c2ccccc21. The van der Waals surface area contributed by atoms with Gasteiger partial charge < -0.3 is 4.90 Å². The van der Waals surface area contributed by atoms with E-state index in [4.69, 9.17) is 0 Å². The summed E-state index contributed by atoms with van der Waals surface area (Å²) in [5.74, 6) is 1.19. The standard InChI is InChI=1S/C12H14N2OS/c1-2-14-10-6-4-3-5-9(10)12(11(14)15)13-7-8-16-12/h3-6,13H,2,7-8H2,1H3. The number of likely N-dealkylation sites (N-methyl/N-ethyl adjacent to an activating group) is 1. The van der Waals surface area contributed by atoms with Crippen molar-refractivity contribution in [1.82, 2.24) is 5.32 Å². The number of fused-ring (bicyclic) bond motifs is 2. The van der Waals surface area contributed by atoms with Gasteiger partial charge in [0.1, 0.15) is 0 Å². The van der Waals surface area contributed by atoms with E-state index in [2.05, 4.69) is 11.4 Å². The van der Waals surface area contributed by atoms with Crippen molar-refractivity contribution in [2.24, 2.45) is 0 Å². The number of benzene rings is 1. The second-order valence-corrected chi connectivity index (χ2v) is 5.33. The van der Waals surface area contributed by atoms with E-state index in [0.29, 0.717) is 0 Å². The van der Waals surface area contributed by atoms with E-state index in [1.807, 2.05) is 30.0 Å². The minimum atomic E-state index is -0.493. The van der Waals surface area contributed by atoms with Crippen LogP contribution in [-0.2, 0) is 9.67 Å². The van der Waals surface area contributed by atoms with E-state index in [0.717, 1.165) is 30.1 Å². The van der Waals surface area contributed by atoms with Crippen molar-refractivity contribution in [1.29, 1.82) is 0 Å². The molecular weight excluding hydrogens is 220 g/mol. The fourth-order valence-corrected chi connectivity index (χ4v) is 3.80. The Labute approximate surface area is 99.2 Å². The van der Waals surface area contributed by atoms with Gasteiger partial charge >= 0.3 is 0 Å². The average molecular weight is 234 g/mol. The molecule has 1 saturated heterocycles. The minimum absolute atomic E-state index is 0.193. The molecule has 0 radical (unpaired) electrons. The number of nitrogens with zero attached hydrogens (tertiary/aromatic N) is 1. The summed E-state index contributed by atoms with van der Waals surface area (Å²) in [6, 6.07) is 8.10. The van der Waals surface area contributed by atoms with E-state index < -0.39 is 4.87 Å². The third-order valence-electron chi connectivity index (χ3n) is 3.23. The summed E-state index contributed by atoms with van der Waals surface area (Å²) in [7, 11) is 0. The molecule has 1 aromatic rings. The van der Waals surface area contributed by atoms with Crippen LogP contribution in [0.1, 0.15) is 12.5 Å². The largest absolute Gasteiger partial charge is 0.310 e. The summed E-state index contributed by atoms with van der Waals surface area (Å²) >= 11 is 1.72. The smallest absolute Gasteiger partial charge is 0.262 e. The molecule has 0 saturated carbocycles. The Hall–Kier alpha value is -1.00. The fraction of sp³-hybridized carbons (Fsp3) is 0.417. The first-order valence-corrected chi connectivity index (χ1v) is 6.58. The summed E-state index contributed by atoms with van der Waals surface area (Å²) in [4.78, 5) is 13.8. The zero-order valence-electron chi connectivity index (χ0n) is 9.19. The van der Waals surface area contributed by atoms with Crippen molar-refractivity contribution >= 4 is 23.4 Å². The van der Waals surface area contributed by atoms with Crippen molar-refractivity contribution in [3.8, 4) is 0 Å². The van der Waals surface area contributed by atoms with Gasteiger partial charge in [0.25, 0.3) is 5.91 Å². The van der Waals surface area contributed by atoms with Crippen LogP contribution in [0.15, 0.2) is 24.3 Å². The van der Waals surface area contributed by atoms with E-state index in [-0.39, 0.29) is 5.91 Å².